The van der Waals surface area contributed by atoms with Gasteiger partial charge in [-0.2, -0.15) is 0 Å². The summed E-state index contributed by atoms with van der Waals surface area (Å²) in [7, 11) is 3.97. The first-order valence-electron chi connectivity index (χ1n) is 5.26. The highest BCUT2D eigenvalue weighted by molar-refractivity contribution is 5.60. The predicted octanol–water partition coefficient (Wildman–Crippen LogP) is 1.34. The van der Waals surface area contributed by atoms with Crippen LogP contribution in [0.2, 0.25) is 0 Å². The molecule has 2 rings (SSSR count). The SMILES string of the molecule is CN(C)c1cccc(Nc2nnc(CN)o2)c1. The molecule has 2 aromatic rings. The minimum atomic E-state index is 0.242. The fourth-order valence-corrected chi connectivity index (χ4v) is 1.37. The van der Waals surface area contributed by atoms with Crippen molar-refractivity contribution in [2.45, 2.75) is 6.54 Å². The van der Waals surface area contributed by atoms with Crippen LogP contribution in [0, 0.1) is 0 Å². The maximum atomic E-state index is 5.39. The van der Waals surface area contributed by atoms with Gasteiger partial charge in [-0.25, -0.2) is 0 Å². The Morgan fingerprint density at radius 2 is 2.18 bits per heavy atom. The van der Waals surface area contributed by atoms with Crippen LogP contribution in [-0.2, 0) is 6.54 Å². The third-order valence-electron chi connectivity index (χ3n) is 2.26. The molecule has 90 valence electrons. The smallest absolute Gasteiger partial charge is 0.320 e. The highest BCUT2D eigenvalue weighted by atomic mass is 16.4. The third-order valence-corrected chi connectivity index (χ3v) is 2.26. The molecule has 6 heteroatoms. The molecule has 0 saturated heterocycles. The molecule has 0 spiro atoms. The van der Waals surface area contributed by atoms with E-state index in [2.05, 4.69) is 15.5 Å². The maximum Gasteiger partial charge on any atom is 0.320 e. The lowest BCUT2D eigenvalue weighted by Crippen LogP contribution is -2.08. The van der Waals surface area contributed by atoms with Gasteiger partial charge in [-0.05, 0) is 18.2 Å². The van der Waals surface area contributed by atoms with Crippen molar-refractivity contribution < 1.29 is 4.42 Å². The first-order chi connectivity index (χ1) is 8.19. The zero-order chi connectivity index (χ0) is 12.3. The van der Waals surface area contributed by atoms with Crippen LogP contribution in [0.25, 0.3) is 0 Å². The van der Waals surface area contributed by atoms with Crippen molar-refractivity contribution in [1.82, 2.24) is 10.2 Å². The second-order valence-corrected chi connectivity index (χ2v) is 3.77. The Morgan fingerprint density at radius 3 is 2.82 bits per heavy atom. The predicted molar refractivity (Wildman–Crippen MR) is 66.2 cm³/mol. The van der Waals surface area contributed by atoms with Crippen LogP contribution >= 0.6 is 0 Å². The number of nitrogens with zero attached hydrogens (tertiary/aromatic N) is 3. The number of anilines is 3. The van der Waals surface area contributed by atoms with E-state index in [9.17, 15) is 0 Å². The molecule has 1 aromatic heterocycles. The molecular formula is C11H15N5O. The van der Waals surface area contributed by atoms with Crippen LogP contribution in [0.3, 0.4) is 0 Å². The van der Waals surface area contributed by atoms with Gasteiger partial charge in [0.05, 0.1) is 6.54 Å². The van der Waals surface area contributed by atoms with Gasteiger partial charge in [0.1, 0.15) is 0 Å². The van der Waals surface area contributed by atoms with Gasteiger partial charge in [-0.1, -0.05) is 11.2 Å². The maximum absolute atomic E-state index is 5.39. The number of hydrogen-bond donors (Lipinski definition) is 2. The summed E-state index contributed by atoms with van der Waals surface area (Å²) in [6, 6.07) is 8.25. The number of benzene rings is 1. The van der Waals surface area contributed by atoms with Crippen molar-refractivity contribution in [2.75, 3.05) is 24.3 Å². The van der Waals surface area contributed by atoms with Gasteiger partial charge < -0.3 is 20.4 Å². The Kier molecular flexibility index (Phi) is 3.24. The standard InChI is InChI=1S/C11H15N5O/c1-16(2)9-5-3-4-8(6-9)13-11-15-14-10(7-12)17-11/h3-6H,7,12H2,1-2H3,(H,13,15). The summed E-state index contributed by atoms with van der Waals surface area (Å²) in [5, 5.41) is 10.6. The Labute approximate surface area is 99.4 Å². The van der Waals surface area contributed by atoms with Crippen molar-refractivity contribution in [1.29, 1.82) is 0 Å². The summed E-state index contributed by atoms with van der Waals surface area (Å²) in [6.07, 6.45) is 0. The van der Waals surface area contributed by atoms with Crippen molar-refractivity contribution in [3.63, 3.8) is 0 Å². The quantitative estimate of drug-likeness (QED) is 0.829. The molecule has 0 fully saturated rings. The Bertz CT molecular complexity index is 494. The molecule has 0 amide bonds. The van der Waals surface area contributed by atoms with E-state index >= 15 is 0 Å². The van der Waals surface area contributed by atoms with Crippen molar-refractivity contribution in [3.05, 3.63) is 30.2 Å². The van der Waals surface area contributed by atoms with E-state index in [0.29, 0.717) is 11.9 Å². The highest BCUT2D eigenvalue weighted by Gasteiger charge is 2.05. The second kappa shape index (κ2) is 4.84. The van der Waals surface area contributed by atoms with Gasteiger partial charge in [0.25, 0.3) is 0 Å². The van der Waals surface area contributed by atoms with Crippen molar-refractivity contribution in [2.24, 2.45) is 5.73 Å². The van der Waals surface area contributed by atoms with Crippen LogP contribution in [-0.4, -0.2) is 24.3 Å². The van der Waals surface area contributed by atoms with Gasteiger partial charge in [-0.15, -0.1) is 5.10 Å². The lowest BCUT2D eigenvalue weighted by Gasteiger charge is -2.13. The molecule has 0 bridgehead atoms. The van der Waals surface area contributed by atoms with Gasteiger partial charge in [0.15, 0.2) is 0 Å². The zero-order valence-corrected chi connectivity index (χ0v) is 9.84. The average Bonchev–Trinajstić information content (AvgIpc) is 2.77. The summed E-state index contributed by atoms with van der Waals surface area (Å²) in [5.41, 5.74) is 7.37. The topological polar surface area (TPSA) is 80.2 Å². The van der Waals surface area contributed by atoms with E-state index in [-0.39, 0.29) is 6.54 Å². The monoisotopic (exact) mass is 233 g/mol. The van der Waals surface area contributed by atoms with Crippen molar-refractivity contribution in [3.8, 4) is 0 Å². The molecule has 0 radical (unpaired) electrons. The van der Waals surface area contributed by atoms with Gasteiger partial charge >= 0.3 is 6.01 Å². The van der Waals surface area contributed by atoms with E-state index in [1.807, 2.05) is 43.3 Å². The summed E-state index contributed by atoms with van der Waals surface area (Å²) in [5.74, 6) is 0.413. The lowest BCUT2D eigenvalue weighted by molar-refractivity contribution is 0.511. The molecule has 1 aromatic carbocycles. The summed E-state index contributed by atoms with van der Waals surface area (Å²) in [6.45, 7) is 0.242. The molecular weight excluding hydrogens is 218 g/mol. The minimum absolute atomic E-state index is 0.242. The van der Waals surface area contributed by atoms with Crippen LogP contribution < -0.4 is 16.0 Å². The van der Waals surface area contributed by atoms with Crippen LogP contribution in [0.4, 0.5) is 17.4 Å². The van der Waals surface area contributed by atoms with Crippen molar-refractivity contribution >= 4 is 17.4 Å². The van der Waals surface area contributed by atoms with Gasteiger partial charge in [0, 0.05) is 25.5 Å². The molecule has 1 heterocycles. The highest BCUT2D eigenvalue weighted by Crippen LogP contribution is 2.20. The lowest BCUT2D eigenvalue weighted by atomic mass is 10.2. The zero-order valence-electron chi connectivity index (χ0n) is 9.84. The second-order valence-electron chi connectivity index (χ2n) is 3.77. The third kappa shape index (κ3) is 2.73. The van der Waals surface area contributed by atoms with Gasteiger partial charge in [-0.3, -0.25) is 0 Å². The van der Waals surface area contributed by atoms with E-state index in [1.165, 1.54) is 0 Å². The largest absolute Gasteiger partial charge is 0.406 e. The van der Waals surface area contributed by atoms with E-state index in [4.69, 9.17) is 10.2 Å². The Morgan fingerprint density at radius 1 is 1.35 bits per heavy atom. The van der Waals surface area contributed by atoms with E-state index in [0.717, 1.165) is 11.4 Å². The first kappa shape index (κ1) is 11.4. The minimum Gasteiger partial charge on any atom is -0.406 e. The van der Waals surface area contributed by atoms with Crippen LogP contribution in [0.1, 0.15) is 5.89 Å². The normalized spacial score (nSPS) is 10.3. The van der Waals surface area contributed by atoms with Gasteiger partial charge in [0.2, 0.25) is 5.89 Å². The Balaban J connectivity index is 2.15. The molecule has 0 atom stereocenters. The molecule has 0 saturated carbocycles. The molecule has 0 aliphatic carbocycles. The summed E-state index contributed by atoms with van der Waals surface area (Å²) in [4.78, 5) is 2.02. The number of nitrogens with two attached hydrogens (primary N) is 1. The first-order valence-corrected chi connectivity index (χ1v) is 5.26. The molecule has 0 aliphatic heterocycles. The number of rotatable bonds is 4. The van der Waals surface area contributed by atoms with Crippen LogP contribution in [0.15, 0.2) is 28.7 Å². The fraction of sp³-hybridized carbons (Fsp3) is 0.273. The summed E-state index contributed by atoms with van der Waals surface area (Å²) < 4.78 is 5.27. The van der Waals surface area contributed by atoms with E-state index in [1.54, 1.807) is 0 Å². The molecule has 17 heavy (non-hydrogen) atoms. The number of hydrogen-bond acceptors (Lipinski definition) is 6. The van der Waals surface area contributed by atoms with Crippen LogP contribution in [0.5, 0.6) is 0 Å². The molecule has 3 N–H and O–H groups in total. The number of nitrogens with one attached hydrogen (secondary N) is 1. The summed E-state index contributed by atoms with van der Waals surface area (Å²) >= 11 is 0. The molecule has 0 aliphatic rings. The number of aromatic nitrogens is 2. The van der Waals surface area contributed by atoms with E-state index < -0.39 is 0 Å². The average molecular weight is 233 g/mol. The molecule has 0 unspecified atom stereocenters. The molecule has 6 nitrogen and oxygen atoms in total. The Hall–Kier alpha value is -2.08. The fourth-order valence-electron chi connectivity index (χ4n) is 1.37.